The van der Waals surface area contributed by atoms with Crippen molar-refractivity contribution >= 4 is 47.5 Å². The zero-order valence-electron chi connectivity index (χ0n) is 23.5. The molecule has 2 fully saturated rings. The van der Waals surface area contributed by atoms with Gasteiger partial charge in [0, 0.05) is 44.3 Å². The van der Waals surface area contributed by atoms with Gasteiger partial charge in [-0.1, -0.05) is 30.3 Å². The van der Waals surface area contributed by atoms with Crippen LogP contribution in [0.15, 0.2) is 53.9 Å². The molecule has 6 rings (SSSR count). The molecule has 0 spiro atoms. The molecule has 1 saturated heterocycles. The fraction of sp³-hybridized carbons (Fsp3) is 0.355. The van der Waals surface area contributed by atoms with E-state index in [1.165, 1.54) is 53.3 Å². The Kier molecular flexibility index (Phi) is 8.89. The number of hydrogen-bond acceptors (Lipinski definition) is 6. The number of thiophene rings is 1. The SMILES string of the molecule is C[C@@H](NC(=O)C1CCCN1C(=O)CNC(=O)c1ccc2c(c1)-c1ccccc1C2(F)F)c1cc(C(=N)N)cs1.SC1CC1. The summed E-state index contributed by atoms with van der Waals surface area (Å²) in [5, 5.41) is 15.6. The van der Waals surface area contributed by atoms with Crippen molar-refractivity contribution in [2.45, 2.75) is 55.9 Å². The Labute approximate surface area is 258 Å². The minimum absolute atomic E-state index is 0.0479. The summed E-state index contributed by atoms with van der Waals surface area (Å²) in [6, 6.07) is 11.0. The standard InChI is InChI=1S/C28H27F2N5O3S.C3H6S/c1-15(23-12-17(14-39-23)25(31)32)34-27(38)22-7-4-10-35(22)24(36)13-33-26(37)16-8-9-21-19(11-16)18-5-2-3-6-20(18)28(21,29)30;4-3-1-2-3/h2-3,5-6,8-9,11-12,14-15,22H,4,7,10,13H2,1H3,(H3,31,32)(H,33,37)(H,34,38);3-4H,1-2H2/t15-,22?;/m1./s1. The van der Waals surface area contributed by atoms with Gasteiger partial charge in [0.25, 0.3) is 11.8 Å². The van der Waals surface area contributed by atoms with E-state index in [0.717, 1.165) is 10.1 Å². The molecule has 2 aromatic carbocycles. The number of nitrogen functional groups attached to an aromatic ring is 1. The fourth-order valence-corrected chi connectivity index (χ4v) is 6.26. The van der Waals surface area contributed by atoms with Crippen molar-refractivity contribution in [3.63, 3.8) is 0 Å². The number of fused-ring (bicyclic) bond motifs is 3. The summed E-state index contributed by atoms with van der Waals surface area (Å²) >= 11 is 5.46. The van der Waals surface area contributed by atoms with Gasteiger partial charge in [-0.15, -0.1) is 11.3 Å². The number of halogens is 2. The molecule has 1 saturated carbocycles. The van der Waals surface area contributed by atoms with Crippen molar-refractivity contribution in [1.29, 1.82) is 5.41 Å². The molecule has 12 heteroatoms. The molecule has 2 atom stereocenters. The number of nitrogens with one attached hydrogen (secondary N) is 3. The van der Waals surface area contributed by atoms with E-state index < -0.39 is 23.8 Å². The van der Waals surface area contributed by atoms with E-state index in [0.29, 0.717) is 36.1 Å². The Balaban J connectivity index is 0.000000850. The average molecular weight is 626 g/mol. The van der Waals surface area contributed by atoms with Crippen molar-refractivity contribution in [3.8, 4) is 11.1 Å². The summed E-state index contributed by atoms with van der Waals surface area (Å²) in [6.07, 6.45) is 3.85. The highest BCUT2D eigenvalue weighted by Gasteiger charge is 2.44. The van der Waals surface area contributed by atoms with Gasteiger partial charge in [0.15, 0.2) is 0 Å². The second kappa shape index (κ2) is 12.5. The van der Waals surface area contributed by atoms with Gasteiger partial charge in [0.05, 0.1) is 12.6 Å². The summed E-state index contributed by atoms with van der Waals surface area (Å²) in [6.45, 7) is 1.88. The summed E-state index contributed by atoms with van der Waals surface area (Å²) in [4.78, 5) is 41.1. The van der Waals surface area contributed by atoms with Crippen molar-refractivity contribution in [2.75, 3.05) is 13.1 Å². The Bertz CT molecular complexity index is 1570. The van der Waals surface area contributed by atoms with Crippen molar-refractivity contribution in [1.82, 2.24) is 15.5 Å². The Morgan fingerprint density at radius 2 is 1.79 bits per heavy atom. The molecule has 2 aliphatic carbocycles. The highest BCUT2D eigenvalue weighted by atomic mass is 32.1. The molecule has 0 bridgehead atoms. The summed E-state index contributed by atoms with van der Waals surface area (Å²) in [7, 11) is 0. The van der Waals surface area contributed by atoms with Crippen molar-refractivity contribution < 1.29 is 23.2 Å². The van der Waals surface area contributed by atoms with Gasteiger partial charge in [-0.25, -0.2) is 0 Å². The number of nitrogens with zero attached hydrogens (tertiary/aromatic N) is 1. The monoisotopic (exact) mass is 625 g/mol. The van der Waals surface area contributed by atoms with Gasteiger partial charge in [0.1, 0.15) is 11.9 Å². The fourth-order valence-electron chi connectivity index (χ4n) is 5.19. The molecule has 226 valence electrons. The summed E-state index contributed by atoms with van der Waals surface area (Å²) in [5.74, 6) is -4.45. The van der Waals surface area contributed by atoms with Crippen LogP contribution in [0.1, 0.15) is 70.6 Å². The van der Waals surface area contributed by atoms with E-state index in [9.17, 15) is 23.2 Å². The maximum atomic E-state index is 14.8. The van der Waals surface area contributed by atoms with Crippen LogP contribution in [0.5, 0.6) is 0 Å². The van der Waals surface area contributed by atoms with Crippen LogP contribution >= 0.6 is 24.0 Å². The van der Waals surface area contributed by atoms with E-state index >= 15 is 0 Å². The Hall–Kier alpha value is -3.77. The molecule has 5 N–H and O–H groups in total. The average Bonchev–Trinajstić information content (AvgIpc) is 3.38. The van der Waals surface area contributed by atoms with Crippen LogP contribution in [0.4, 0.5) is 8.78 Å². The first-order chi connectivity index (χ1) is 20.5. The van der Waals surface area contributed by atoms with Gasteiger partial charge in [0.2, 0.25) is 11.8 Å². The molecule has 2 heterocycles. The molecule has 1 unspecified atom stereocenters. The molecule has 43 heavy (non-hydrogen) atoms. The lowest BCUT2D eigenvalue weighted by Gasteiger charge is -2.25. The van der Waals surface area contributed by atoms with E-state index in [4.69, 9.17) is 11.1 Å². The first-order valence-electron chi connectivity index (χ1n) is 14.1. The first-order valence-corrected chi connectivity index (χ1v) is 15.5. The Morgan fingerprint density at radius 3 is 2.47 bits per heavy atom. The molecule has 1 aliphatic heterocycles. The predicted octanol–water partition coefficient (Wildman–Crippen LogP) is 4.83. The molecular weight excluding hydrogens is 593 g/mol. The van der Waals surface area contributed by atoms with Crippen molar-refractivity contribution in [3.05, 3.63) is 81.0 Å². The number of hydrogen-bond donors (Lipinski definition) is 5. The second-order valence-electron chi connectivity index (χ2n) is 10.9. The van der Waals surface area contributed by atoms with Crippen LogP contribution in [0.2, 0.25) is 0 Å². The van der Waals surface area contributed by atoms with Gasteiger partial charge in [-0.2, -0.15) is 21.4 Å². The number of alkyl halides is 2. The summed E-state index contributed by atoms with van der Waals surface area (Å²) in [5.41, 5.74) is 6.69. The third-order valence-electron chi connectivity index (χ3n) is 7.71. The first kappa shape index (κ1) is 30.7. The zero-order chi connectivity index (χ0) is 30.9. The number of amides is 3. The number of carbonyl (C=O) groups is 3. The van der Waals surface area contributed by atoms with E-state index in [-0.39, 0.29) is 41.0 Å². The quantitative estimate of drug-likeness (QED) is 0.146. The molecule has 3 aromatic rings. The van der Waals surface area contributed by atoms with Gasteiger partial charge in [-0.05, 0) is 61.9 Å². The van der Waals surface area contributed by atoms with Crippen LogP contribution in [0, 0.1) is 5.41 Å². The summed E-state index contributed by atoms with van der Waals surface area (Å²) < 4.78 is 29.6. The van der Waals surface area contributed by atoms with Crippen LogP contribution in [-0.2, 0) is 15.5 Å². The zero-order valence-corrected chi connectivity index (χ0v) is 25.2. The van der Waals surface area contributed by atoms with Crippen LogP contribution < -0.4 is 16.4 Å². The molecule has 0 radical (unpaired) electrons. The van der Waals surface area contributed by atoms with Gasteiger partial charge >= 0.3 is 0 Å². The highest BCUT2D eigenvalue weighted by Crippen LogP contribution is 2.50. The smallest absolute Gasteiger partial charge is 0.299 e. The van der Waals surface area contributed by atoms with Gasteiger partial charge in [-0.3, -0.25) is 19.8 Å². The predicted molar refractivity (Wildman–Crippen MR) is 166 cm³/mol. The van der Waals surface area contributed by atoms with E-state index in [1.54, 1.807) is 29.6 Å². The number of benzene rings is 2. The number of rotatable bonds is 7. The lowest BCUT2D eigenvalue weighted by Crippen LogP contribution is -2.49. The maximum Gasteiger partial charge on any atom is 0.299 e. The number of carbonyl (C=O) groups excluding carboxylic acids is 3. The minimum Gasteiger partial charge on any atom is -0.384 e. The second-order valence-corrected chi connectivity index (χ2v) is 12.6. The lowest BCUT2D eigenvalue weighted by atomic mass is 10.0. The van der Waals surface area contributed by atoms with Crippen molar-refractivity contribution in [2.24, 2.45) is 5.73 Å². The van der Waals surface area contributed by atoms with Crippen LogP contribution in [0.3, 0.4) is 0 Å². The topological polar surface area (TPSA) is 128 Å². The molecular formula is C31H33F2N5O3S2. The maximum absolute atomic E-state index is 14.8. The molecule has 1 aromatic heterocycles. The highest BCUT2D eigenvalue weighted by molar-refractivity contribution is 7.81. The lowest BCUT2D eigenvalue weighted by molar-refractivity contribution is -0.137. The normalized spacial score (nSPS) is 18.5. The number of thiol groups is 1. The van der Waals surface area contributed by atoms with Crippen LogP contribution in [-0.4, -0.2) is 52.8 Å². The minimum atomic E-state index is -3.14. The number of nitrogens with two attached hydrogens (primary N) is 1. The number of amidine groups is 1. The molecule has 3 amide bonds. The van der Waals surface area contributed by atoms with E-state index in [2.05, 4.69) is 23.3 Å². The third-order valence-corrected chi connectivity index (χ3v) is 9.35. The molecule has 8 nitrogen and oxygen atoms in total. The van der Waals surface area contributed by atoms with E-state index in [1.807, 2.05) is 6.92 Å². The third kappa shape index (κ3) is 6.59. The Morgan fingerprint density at radius 1 is 1.09 bits per heavy atom. The molecule has 3 aliphatic rings. The number of likely N-dealkylation sites (tertiary alicyclic amines) is 1. The largest absolute Gasteiger partial charge is 0.384 e. The van der Waals surface area contributed by atoms with Gasteiger partial charge < -0.3 is 21.3 Å². The van der Waals surface area contributed by atoms with Crippen LogP contribution in [0.25, 0.3) is 11.1 Å².